The van der Waals surface area contributed by atoms with E-state index in [9.17, 15) is 4.79 Å². The van der Waals surface area contributed by atoms with Crippen molar-refractivity contribution in [1.82, 2.24) is 0 Å². The standard InChI is InChI=1S/C18H22ClN5O3/c1-5-27-18(25)11(2)14(9-15(19)22-3)24-13-8-6-7-12(16(13)26-4)17(21)23-10-20/h6-10,24H,2,5H2,1,3-4H3,(H3,20,21,23)/b14-9+,22-15+. The number of esters is 1. The Hall–Kier alpha value is -3.13. The number of carbonyl (C=O) groups is 1. The molecular formula is C18H22ClN5O3. The van der Waals surface area contributed by atoms with Gasteiger partial charge in [-0.25, -0.2) is 9.79 Å². The number of carbonyl (C=O) groups excluding carboxylic acids is 1. The van der Waals surface area contributed by atoms with Crippen LogP contribution in [-0.4, -0.2) is 44.1 Å². The van der Waals surface area contributed by atoms with Crippen molar-refractivity contribution in [3.05, 3.63) is 47.7 Å². The summed E-state index contributed by atoms with van der Waals surface area (Å²) in [4.78, 5) is 19.7. The van der Waals surface area contributed by atoms with Crippen molar-refractivity contribution in [2.75, 3.05) is 26.1 Å². The zero-order valence-corrected chi connectivity index (χ0v) is 16.1. The smallest absolute Gasteiger partial charge is 0.339 e. The zero-order valence-electron chi connectivity index (χ0n) is 15.4. The monoisotopic (exact) mass is 391 g/mol. The Balaban J connectivity index is 3.39. The van der Waals surface area contributed by atoms with Crippen molar-refractivity contribution in [1.29, 1.82) is 5.41 Å². The molecule has 1 rings (SSSR count). The Labute approximate surface area is 162 Å². The summed E-state index contributed by atoms with van der Waals surface area (Å²) in [6.45, 7) is 5.65. The second-order valence-electron chi connectivity index (χ2n) is 4.94. The SMILES string of the molecule is C=C(C(=O)OCC)/C(=C\C(Cl)=N/C)Nc1cccc(C(=N)/N=C\N)c1OC. The van der Waals surface area contributed by atoms with Crippen LogP contribution in [0.4, 0.5) is 5.69 Å². The number of halogens is 1. The number of hydrogen-bond donors (Lipinski definition) is 3. The maximum Gasteiger partial charge on any atom is 0.339 e. The third-order valence-corrected chi connectivity index (χ3v) is 3.55. The minimum atomic E-state index is -0.604. The van der Waals surface area contributed by atoms with E-state index >= 15 is 0 Å². The number of allylic oxidation sites excluding steroid dienone is 1. The second-order valence-corrected chi connectivity index (χ2v) is 5.33. The summed E-state index contributed by atoms with van der Waals surface area (Å²) < 4.78 is 10.4. The maximum atomic E-state index is 12.1. The Bertz CT molecular complexity index is 815. The van der Waals surface area contributed by atoms with Crippen molar-refractivity contribution in [3.8, 4) is 5.75 Å². The molecule has 0 atom stereocenters. The van der Waals surface area contributed by atoms with E-state index in [1.807, 2.05) is 0 Å². The molecule has 0 fully saturated rings. The van der Waals surface area contributed by atoms with Crippen LogP contribution >= 0.6 is 11.6 Å². The highest BCUT2D eigenvalue weighted by Crippen LogP contribution is 2.31. The van der Waals surface area contributed by atoms with Crippen molar-refractivity contribution >= 4 is 40.6 Å². The molecule has 144 valence electrons. The van der Waals surface area contributed by atoms with E-state index in [4.69, 9.17) is 32.2 Å². The van der Waals surface area contributed by atoms with E-state index in [0.717, 1.165) is 6.34 Å². The molecule has 0 heterocycles. The molecule has 0 saturated heterocycles. The predicted octanol–water partition coefficient (Wildman–Crippen LogP) is 2.69. The van der Waals surface area contributed by atoms with Gasteiger partial charge in [-0.2, -0.15) is 0 Å². The highest BCUT2D eigenvalue weighted by molar-refractivity contribution is 6.68. The van der Waals surface area contributed by atoms with E-state index in [0.29, 0.717) is 17.0 Å². The fourth-order valence-corrected chi connectivity index (χ4v) is 2.15. The Morgan fingerprint density at radius 3 is 2.74 bits per heavy atom. The highest BCUT2D eigenvalue weighted by Gasteiger charge is 2.18. The fraction of sp³-hybridized carbons (Fsp3) is 0.222. The van der Waals surface area contributed by atoms with E-state index in [1.165, 1.54) is 20.2 Å². The van der Waals surface area contributed by atoms with Gasteiger partial charge in [-0.3, -0.25) is 10.4 Å². The first-order valence-electron chi connectivity index (χ1n) is 7.87. The first-order valence-corrected chi connectivity index (χ1v) is 8.24. The highest BCUT2D eigenvalue weighted by atomic mass is 35.5. The number of amidine groups is 1. The van der Waals surface area contributed by atoms with E-state index in [1.54, 1.807) is 25.1 Å². The molecule has 0 aliphatic carbocycles. The molecule has 0 amide bonds. The molecule has 0 aliphatic rings. The molecule has 1 aromatic rings. The van der Waals surface area contributed by atoms with Crippen molar-refractivity contribution < 1.29 is 14.3 Å². The topological polar surface area (TPSA) is 122 Å². The molecule has 27 heavy (non-hydrogen) atoms. The molecule has 0 spiro atoms. The van der Waals surface area contributed by atoms with Crippen molar-refractivity contribution in [2.45, 2.75) is 6.92 Å². The van der Waals surface area contributed by atoms with Crippen LogP contribution in [0.2, 0.25) is 0 Å². The molecule has 0 saturated carbocycles. The Morgan fingerprint density at radius 2 is 2.19 bits per heavy atom. The molecular weight excluding hydrogens is 370 g/mol. The second kappa shape index (κ2) is 10.8. The number of aliphatic imine (C=N–C) groups is 2. The summed E-state index contributed by atoms with van der Waals surface area (Å²) in [6, 6.07) is 5.05. The average Bonchev–Trinajstić information content (AvgIpc) is 2.66. The van der Waals surface area contributed by atoms with Gasteiger partial charge in [-0.1, -0.05) is 24.2 Å². The van der Waals surface area contributed by atoms with Gasteiger partial charge in [0.25, 0.3) is 0 Å². The van der Waals surface area contributed by atoms with Gasteiger partial charge in [0.05, 0.1) is 42.6 Å². The zero-order chi connectivity index (χ0) is 20.4. The summed E-state index contributed by atoms with van der Waals surface area (Å²) in [5, 5.41) is 11.2. The van der Waals surface area contributed by atoms with E-state index < -0.39 is 5.97 Å². The number of para-hydroxylation sites is 1. The van der Waals surface area contributed by atoms with Crippen LogP contribution in [0.1, 0.15) is 12.5 Å². The molecule has 0 unspecified atom stereocenters. The lowest BCUT2D eigenvalue weighted by Crippen LogP contribution is -2.15. The molecule has 4 N–H and O–H groups in total. The number of ether oxygens (including phenoxy) is 2. The van der Waals surface area contributed by atoms with E-state index in [-0.39, 0.29) is 28.9 Å². The molecule has 0 aliphatic heterocycles. The summed E-state index contributed by atoms with van der Waals surface area (Å²) >= 11 is 5.99. The quantitative estimate of drug-likeness (QED) is 0.207. The van der Waals surface area contributed by atoms with Crippen LogP contribution in [0.3, 0.4) is 0 Å². The molecule has 0 radical (unpaired) electrons. The lowest BCUT2D eigenvalue weighted by atomic mass is 10.1. The fourth-order valence-electron chi connectivity index (χ4n) is 2.04. The Kier molecular flexibility index (Phi) is 8.74. The van der Waals surface area contributed by atoms with Gasteiger partial charge in [0.15, 0.2) is 11.6 Å². The first kappa shape index (κ1) is 21.9. The van der Waals surface area contributed by atoms with Crippen LogP contribution in [0, 0.1) is 5.41 Å². The van der Waals surface area contributed by atoms with Gasteiger partial charge in [0.1, 0.15) is 5.17 Å². The summed E-state index contributed by atoms with van der Waals surface area (Å²) in [5.74, 6) is -0.353. The van der Waals surface area contributed by atoms with Crippen LogP contribution in [0.15, 0.2) is 52.1 Å². The number of anilines is 1. The van der Waals surface area contributed by atoms with Crippen LogP contribution in [0.25, 0.3) is 0 Å². The van der Waals surface area contributed by atoms with Crippen molar-refractivity contribution in [3.63, 3.8) is 0 Å². The average molecular weight is 392 g/mol. The van der Waals surface area contributed by atoms with Crippen LogP contribution in [-0.2, 0) is 9.53 Å². The summed E-state index contributed by atoms with van der Waals surface area (Å²) in [6.07, 6.45) is 2.46. The molecule has 9 heteroatoms. The number of rotatable bonds is 8. The number of nitrogens with two attached hydrogens (primary N) is 1. The lowest BCUT2D eigenvalue weighted by Gasteiger charge is -2.17. The molecule has 1 aromatic carbocycles. The number of nitrogens with zero attached hydrogens (tertiary/aromatic N) is 2. The summed E-state index contributed by atoms with van der Waals surface area (Å²) in [7, 11) is 2.96. The third-order valence-electron chi connectivity index (χ3n) is 3.27. The number of nitrogens with one attached hydrogen (secondary N) is 2. The van der Waals surface area contributed by atoms with Gasteiger partial charge < -0.3 is 20.5 Å². The molecule has 0 aromatic heterocycles. The first-order chi connectivity index (χ1) is 12.9. The molecule has 0 bridgehead atoms. The van der Waals surface area contributed by atoms with Gasteiger partial charge in [-0.05, 0) is 25.1 Å². The van der Waals surface area contributed by atoms with Crippen LogP contribution in [0.5, 0.6) is 5.75 Å². The van der Waals surface area contributed by atoms with Crippen molar-refractivity contribution in [2.24, 2.45) is 15.7 Å². The Morgan fingerprint density at radius 1 is 1.48 bits per heavy atom. The summed E-state index contributed by atoms with van der Waals surface area (Å²) in [5.41, 5.74) is 6.45. The third kappa shape index (κ3) is 5.96. The normalized spacial score (nSPS) is 12.0. The maximum absolute atomic E-state index is 12.1. The predicted molar refractivity (Wildman–Crippen MR) is 109 cm³/mol. The van der Waals surface area contributed by atoms with Gasteiger partial charge >= 0.3 is 5.97 Å². The van der Waals surface area contributed by atoms with Gasteiger partial charge in [-0.15, -0.1) is 0 Å². The van der Waals surface area contributed by atoms with E-state index in [2.05, 4.69) is 21.9 Å². The van der Waals surface area contributed by atoms with Gasteiger partial charge in [0.2, 0.25) is 0 Å². The van der Waals surface area contributed by atoms with Gasteiger partial charge in [0, 0.05) is 7.05 Å². The molecule has 8 nitrogen and oxygen atoms in total. The minimum absolute atomic E-state index is 0.0566. The lowest BCUT2D eigenvalue weighted by molar-refractivity contribution is -0.138. The minimum Gasteiger partial charge on any atom is -0.494 e. The largest absolute Gasteiger partial charge is 0.494 e. The number of methoxy groups -OCH3 is 1. The number of hydrogen-bond acceptors (Lipinski definition) is 6. The number of benzene rings is 1. The van der Waals surface area contributed by atoms with Crippen LogP contribution < -0.4 is 15.8 Å².